The SMILES string of the molecule is OCc1cnc(-c2ccncc2)nc1. The van der Waals surface area contributed by atoms with Crippen LogP contribution in [-0.4, -0.2) is 20.1 Å². The van der Waals surface area contributed by atoms with Crippen LogP contribution in [0.25, 0.3) is 11.4 Å². The third kappa shape index (κ3) is 1.75. The minimum atomic E-state index is -0.0311. The molecule has 2 aromatic rings. The van der Waals surface area contributed by atoms with Crippen LogP contribution in [0, 0.1) is 0 Å². The summed E-state index contributed by atoms with van der Waals surface area (Å²) in [6.07, 6.45) is 6.61. The Labute approximate surface area is 81.3 Å². The third-order valence-electron chi connectivity index (χ3n) is 1.83. The van der Waals surface area contributed by atoms with Crippen LogP contribution in [0.4, 0.5) is 0 Å². The lowest BCUT2D eigenvalue weighted by atomic mass is 10.2. The van der Waals surface area contributed by atoms with Crippen molar-refractivity contribution >= 4 is 0 Å². The molecule has 0 aromatic carbocycles. The fourth-order valence-electron chi connectivity index (χ4n) is 1.09. The third-order valence-corrected chi connectivity index (χ3v) is 1.83. The molecule has 2 aromatic heterocycles. The van der Waals surface area contributed by atoms with Gasteiger partial charge in [0.05, 0.1) is 6.61 Å². The van der Waals surface area contributed by atoms with Gasteiger partial charge in [0.15, 0.2) is 5.82 Å². The average Bonchev–Trinajstić information content (AvgIpc) is 2.30. The Balaban J connectivity index is 2.34. The summed E-state index contributed by atoms with van der Waals surface area (Å²) in [7, 11) is 0. The highest BCUT2D eigenvalue weighted by Crippen LogP contribution is 2.11. The first-order valence-electron chi connectivity index (χ1n) is 4.22. The molecule has 0 unspecified atom stereocenters. The zero-order valence-electron chi connectivity index (χ0n) is 7.46. The average molecular weight is 187 g/mol. The zero-order valence-corrected chi connectivity index (χ0v) is 7.46. The Morgan fingerprint density at radius 2 is 1.71 bits per heavy atom. The molecule has 0 aliphatic heterocycles. The molecule has 2 heterocycles. The molecule has 0 saturated carbocycles. The van der Waals surface area contributed by atoms with Gasteiger partial charge in [0.2, 0.25) is 0 Å². The molecule has 0 aliphatic rings. The predicted octanol–water partition coefficient (Wildman–Crippen LogP) is 1.03. The Hall–Kier alpha value is -1.81. The Morgan fingerprint density at radius 3 is 2.29 bits per heavy atom. The van der Waals surface area contributed by atoms with Gasteiger partial charge in [-0.2, -0.15) is 0 Å². The van der Waals surface area contributed by atoms with Crippen molar-refractivity contribution in [2.24, 2.45) is 0 Å². The van der Waals surface area contributed by atoms with Crippen molar-refractivity contribution in [1.29, 1.82) is 0 Å². The Morgan fingerprint density at radius 1 is 1.07 bits per heavy atom. The number of aromatic nitrogens is 3. The number of aliphatic hydroxyl groups excluding tert-OH is 1. The quantitative estimate of drug-likeness (QED) is 0.762. The summed E-state index contributed by atoms with van der Waals surface area (Å²) < 4.78 is 0. The highest BCUT2D eigenvalue weighted by molar-refractivity contribution is 5.52. The van der Waals surface area contributed by atoms with Crippen LogP contribution in [0.15, 0.2) is 36.9 Å². The number of hydrogen-bond donors (Lipinski definition) is 1. The van der Waals surface area contributed by atoms with Crippen LogP contribution in [0.5, 0.6) is 0 Å². The van der Waals surface area contributed by atoms with E-state index in [0.29, 0.717) is 11.4 Å². The van der Waals surface area contributed by atoms with E-state index in [1.54, 1.807) is 24.8 Å². The molecule has 70 valence electrons. The Bertz CT molecular complexity index is 399. The van der Waals surface area contributed by atoms with E-state index in [9.17, 15) is 0 Å². The van der Waals surface area contributed by atoms with Crippen LogP contribution in [0.1, 0.15) is 5.56 Å². The molecule has 0 radical (unpaired) electrons. The lowest BCUT2D eigenvalue weighted by molar-refractivity contribution is 0.281. The van der Waals surface area contributed by atoms with Gasteiger partial charge >= 0.3 is 0 Å². The van der Waals surface area contributed by atoms with Crippen molar-refractivity contribution in [3.63, 3.8) is 0 Å². The van der Waals surface area contributed by atoms with E-state index in [2.05, 4.69) is 15.0 Å². The van der Waals surface area contributed by atoms with Crippen molar-refractivity contribution in [1.82, 2.24) is 15.0 Å². The summed E-state index contributed by atoms with van der Waals surface area (Å²) in [6.45, 7) is -0.0311. The first-order valence-corrected chi connectivity index (χ1v) is 4.22. The lowest BCUT2D eigenvalue weighted by Crippen LogP contribution is -1.92. The molecule has 4 nitrogen and oxygen atoms in total. The monoisotopic (exact) mass is 187 g/mol. The van der Waals surface area contributed by atoms with Crippen molar-refractivity contribution < 1.29 is 5.11 Å². The molecule has 0 atom stereocenters. The molecule has 0 bridgehead atoms. The molecule has 14 heavy (non-hydrogen) atoms. The molecular formula is C10H9N3O. The highest BCUT2D eigenvalue weighted by atomic mass is 16.3. The molecule has 0 fully saturated rings. The molecule has 1 N–H and O–H groups in total. The van der Waals surface area contributed by atoms with Gasteiger partial charge in [0.25, 0.3) is 0 Å². The molecular weight excluding hydrogens is 178 g/mol. The fourth-order valence-corrected chi connectivity index (χ4v) is 1.09. The Kier molecular flexibility index (Phi) is 2.46. The number of aliphatic hydroxyl groups is 1. The van der Waals surface area contributed by atoms with E-state index in [1.165, 1.54) is 0 Å². The molecule has 0 saturated heterocycles. The lowest BCUT2D eigenvalue weighted by Gasteiger charge is -1.99. The number of hydrogen-bond acceptors (Lipinski definition) is 4. The maximum absolute atomic E-state index is 8.81. The smallest absolute Gasteiger partial charge is 0.159 e. The second kappa shape index (κ2) is 3.93. The van der Waals surface area contributed by atoms with E-state index in [0.717, 1.165) is 5.56 Å². The highest BCUT2D eigenvalue weighted by Gasteiger charge is 1.99. The van der Waals surface area contributed by atoms with Gasteiger partial charge in [-0.15, -0.1) is 0 Å². The minimum absolute atomic E-state index is 0.0311. The van der Waals surface area contributed by atoms with Crippen LogP contribution in [0.2, 0.25) is 0 Å². The van der Waals surface area contributed by atoms with Crippen LogP contribution in [-0.2, 0) is 6.61 Å². The topological polar surface area (TPSA) is 58.9 Å². The van der Waals surface area contributed by atoms with Crippen molar-refractivity contribution in [3.05, 3.63) is 42.5 Å². The van der Waals surface area contributed by atoms with E-state index < -0.39 is 0 Å². The maximum Gasteiger partial charge on any atom is 0.159 e. The minimum Gasteiger partial charge on any atom is -0.392 e. The first-order chi connectivity index (χ1) is 6.90. The van der Waals surface area contributed by atoms with Gasteiger partial charge in [-0.3, -0.25) is 4.98 Å². The summed E-state index contributed by atoms with van der Waals surface area (Å²) in [5.74, 6) is 0.643. The van der Waals surface area contributed by atoms with Gasteiger partial charge in [-0.1, -0.05) is 0 Å². The van der Waals surface area contributed by atoms with Crippen molar-refractivity contribution in [2.45, 2.75) is 6.61 Å². The van der Waals surface area contributed by atoms with E-state index in [1.807, 2.05) is 12.1 Å². The maximum atomic E-state index is 8.81. The number of pyridine rings is 1. The van der Waals surface area contributed by atoms with E-state index in [-0.39, 0.29) is 6.61 Å². The largest absolute Gasteiger partial charge is 0.392 e. The molecule has 0 amide bonds. The van der Waals surface area contributed by atoms with Crippen LogP contribution < -0.4 is 0 Å². The number of nitrogens with zero attached hydrogens (tertiary/aromatic N) is 3. The van der Waals surface area contributed by atoms with Gasteiger partial charge < -0.3 is 5.11 Å². The normalized spacial score (nSPS) is 10.1. The van der Waals surface area contributed by atoms with Gasteiger partial charge in [-0.05, 0) is 12.1 Å². The summed E-state index contributed by atoms with van der Waals surface area (Å²) in [5, 5.41) is 8.81. The zero-order chi connectivity index (χ0) is 9.80. The van der Waals surface area contributed by atoms with E-state index >= 15 is 0 Å². The van der Waals surface area contributed by atoms with Gasteiger partial charge in [-0.25, -0.2) is 9.97 Å². The van der Waals surface area contributed by atoms with Crippen molar-refractivity contribution in [2.75, 3.05) is 0 Å². The predicted molar refractivity (Wildman–Crippen MR) is 51.2 cm³/mol. The second-order valence-electron chi connectivity index (χ2n) is 2.81. The second-order valence-corrected chi connectivity index (χ2v) is 2.81. The fraction of sp³-hybridized carbons (Fsp3) is 0.100. The molecule has 4 heteroatoms. The standard InChI is InChI=1S/C10H9N3O/c14-7-8-5-12-10(13-6-8)9-1-3-11-4-2-9/h1-6,14H,7H2. The van der Waals surface area contributed by atoms with Crippen LogP contribution in [0.3, 0.4) is 0 Å². The first kappa shape index (κ1) is 8.77. The summed E-state index contributed by atoms with van der Waals surface area (Å²) >= 11 is 0. The summed E-state index contributed by atoms with van der Waals surface area (Å²) in [5.41, 5.74) is 1.63. The molecule has 2 rings (SSSR count). The molecule has 0 spiro atoms. The summed E-state index contributed by atoms with van der Waals surface area (Å²) in [4.78, 5) is 12.2. The van der Waals surface area contributed by atoms with Crippen molar-refractivity contribution in [3.8, 4) is 11.4 Å². The van der Waals surface area contributed by atoms with Gasteiger partial charge in [0.1, 0.15) is 0 Å². The number of rotatable bonds is 2. The van der Waals surface area contributed by atoms with E-state index in [4.69, 9.17) is 5.11 Å². The molecule has 0 aliphatic carbocycles. The van der Waals surface area contributed by atoms with Crippen LogP contribution >= 0.6 is 0 Å². The summed E-state index contributed by atoms with van der Waals surface area (Å²) in [6, 6.07) is 3.68. The van der Waals surface area contributed by atoms with Gasteiger partial charge in [0, 0.05) is 35.9 Å².